The number of tetrazole rings is 1. The Kier molecular flexibility index (Phi) is 4.46. The molecule has 3 aromatic rings. The van der Waals surface area contributed by atoms with Gasteiger partial charge in [-0.3, -0.25) is 4.79 Å². The summed E-state index contributed by atoms with van der Waals surface area (Å²) in [6.45, 7) is 4.17. The molecule has 0 amide bonds. The summed E-state index contributed by atoms with van der Waals surface area (Å²) < 4.78 is 13.2. The molecule has 0 fully saturated rings. The lowest BCUT2D eigenvalue weighted by Crippen LogP contribution is -2.13. The average molecular weight is 324 g/mol. The Balaban J connectivity index is 1.74. The Bertz CT molecular complexity index is 855. The summed E-state index contributed by atoms with van der Waals surface area (Å²) >= 11 is 0. The molecular weight excluding hydrogens is 307 g/mol. The molecule has 6 heteroatoms. The second-order valence-electron chi connectivity index (χ2n) is 5.85. The summed E-state index contributed by atoms with van der Waals surface area (Å²) in [4.78, 5) is 13.4. The minimum atomic E-state index is -0.446. The van der Waals surface area contributed by atoms with Crippen molar-refractivity contribution in [3.05, 3.63) is 65.5 Å². The van der Waals surface area contributed by atoms with Gasteiger partial charge in [0.25, 0.3) is 0 Å². The number of hydrogen-bond acceptors (Lipinski definition) is 4. The lowest BCUT2D eigenvalue weighted by Gasteiger charge is -2.04. The normalized spacial score (nSPS) is 11.0. The fraction of sp³-hybridized carbons (Fsp3) is 0.222. The molecule has 0 unspecified atom stereocenters. The van der Waals surface area contributed by atoms with Crippen molar-refractivity contribution in [2.45, 2.75) is 26.3 Å². The third-order valence-corrected chi connectivity index (χ3v) is 3.72. The molecule has 0 atom stereocenters. The van der Waals surface area contributed by atoms with Crippen LogP contribution in [0.5, 0.6) is 0 Å². The Morgan fingerprint density at radius 3 is 2.58 bits per heavy atom. The molecule has 0 aliphatic carbocycles. The van der Waals surface area contributed by atoms with Gasteiger partial charge in [0.2, 0.25) is 5.82 Å². The predicted octanol–water partition coefficient (Wildman–Crippen LogP) is 3.49. The first-order valence-corrected chi connectivity index (χ1v) is 7.70. The molecule has 0 spiro atoms. The maximum atomic E-state index is 13.2. The topological polar surface area (TPSA) is 60.7 Å². The minimum absolute atomic E-state index is 0.0828. The molecule has 0 bridgehead atoms. The predicted molar refractivity (Wildman–Crippen MR) is 88.1 cm³/mol. The highest BCUT2D eigenvalue weighted by molar-refractivity contribution is 5.95. The van der Waals surface area contributed by atoms with Gasteiger partial charge in [0.15, 0.2) is 5.78 Å². The highest BCUT2D eigenvalue weighted by atomic mass is 19.1. The largest absolute Gasteiger partial charge is 0.292 e. The van der Waals surface area contributed by atoms with Crippen LogP contribution in [0.25, 0.3) is 11.4 Å². The van der Waals surface area contributed by atoms with E-state index < -0.39 is 5.82 Å². The molecule has 0 N–H and O–H groups in total. The molecule has 2 aromatic carbocycles. The van der Waals surface area contributed by atoms with Crippen LogP contribution in [0.4, 0.5) is 4.39 Å². The van der Waals surface area contributed by atoms with E-state index in [1.54, 1.807) is 6.07 Å². The summed E-state index contributed by atoms with van der Waals surface area (Å²) in [5.41, 5.74) is 2.35. The lowest BCUT2D eigenvalue weighted by atomic mass is 10.0. The van der Waals surface area contributed by atoms with E-state index in [0.717, 1.165) is 5.56 Å². The molecule has 3 rings (SSSR count). The van der Waals surface area contributed by atoms with Gasteiger partial charge in [-0.1, -0.05) is 50.2 Å². The molecule has 122 valence electrons. The lowest BCUT2D eigenvalue weighted by molar-refractivity contribution is 0.0961. The number of aromatic nitrogens is 4. The van der Waals surface area contributed by atoms with Gasteiger partial charge in [0.1, 0.15) is 12.4 Å². The Morgan fingerprint density at radius 2 is 1.92 bits per heavy atom. The number of hydrogen-bond donors (Lipinski definition) is 0. The SMILES string of the molecule is CC(C)c1ccc(-c2nnn(CC(=O)c3cccc(F)c3)n2)cc1. The van der Waals surface area contributed by atoms with Crippen LogP contribution in [0.1, 0.15) is 35.7 Å². The molecule has 0 aliphatic rings. The second kappa shape index (κ2) is 6.70. The van der Waals surface area contributed by atoms with E-state index in [4.69, 9.17) is 0 Å². The van der Waals surface area contributed by atoms with Gasteiger partial charge in [0.05, 0.1) is 0 Å². The first-order valence-electron chi connectivity index (χ1n) is 7.70. The van der Waals surface area contributed by atoms with Crippen molar-refractivity contribution >= 4 is 5.78 Å². The summed E-state index contributed by atoms with van der Waals surface area (Å²) in [6.07, 6.45) is 0. The number of ketones is 1. The van der Waals surface area contributed by atoms with Gasteiger partial charge < -0.3 is 0 Å². The van der Waals surface area contributed by atoms with Crippen LogP contribution in [0, 0.1) is 5.82 Å². The van der Waals surface area contributed by atoms with Gasteiger partial charge in [-0.15, -0.1) is 10.2 Å². The molecule has 24 heavy (non-hydrogen) atoms. The monoisotopic (exact) mass is 324 g/mol. The molecule has 5 nitrogen and oxygen atoms in total. The molecular formula is C18H17FN4O. The van der Waals surface area contributed by atoms with E-state index >= 15 is 0 Å². The Hall–Kier alpha value is -2.89. The number of carbonyl (C=O) groups is 1. The van der Waals surface area contributed by atoms with Crippen LogP contribution < -0.4 is 0 Å². The molecule has 0 radical (unpaired) electrons. The first-order chi connectivity index (χ1) is 11.5. The zero-order valence-electron chi connectivity index (χ0n) is 13.5. The number of rotatable bonds is 5. The van der Waals surface area contributed by atoms with E-state index in [2.05, 4.69) is 29.3 Å². The summed E-state index contributed by atoms with van der Waals surface area (Å²) in [6, 6.07) is 13.5. The number of halogens is 1. The van der Waals surface area contributed by atoms with E-state index in [0.29, 0.717) is 11.7 Å². The molecule has 1 aromatic heterocycles. The zero-order valence-corrected chi connectivity index (χ0v) is 13.5. The molecule has 0 aliphatic heterocycles. The van der Waals surface area contributed by atoms with Crippen molar-refractivity contribution in [1.82, 2.24) is 20.2 Å². The zero-order chi connectivity index (χ0) is 17.1. The number of carbonyl (C=O) groups excluding carboxylic acids is 1. The highest BCUT2D eigenvalue weighted by Crippen LogP contribution is 2.19. The Morgan fingerprint density at radius 1 is 1.17 bits per heavy atom. The van der Waals surface area contributed by atoms with Gasteiger partial charge in [-0.05, 0) is 28.8 Å². The van der Waals surface area contributed by atoms with E-state index in [1.165, 1.54) is 28.6 Å². The van der Waals surface area contributed by atoms with Gasteiger partial charge in [-0.25, -0.2) is 4.39 Å². The fourth-order valence-electron chi connectivity index (χ4n) is 2.32. The number of Topliss-reactive ketones (excluding diaryl/α,β-unsaturated/α-hetero) is 1. The first kappa shape index (κ1) is 16.0. The maximum Gasteiger partial charge on any atom is 0.204 e. The van der Waals surface area contributed by atoms with Crippen LogP contribution in [0.2, 0.25) is 0 Å². The average Bonchev–Trinajstić information content (AvgIpc) is 3.03. The standard InChI is InChI=1S/C18H17FN4O/c1-12(2)13-6-8-14(9-7-13)18-20-22-23(21-18)11-17(24)15-4-3-5-16(19)10-15/h3-10,12H,11H2,1-2H3. The van der Waals surface area contributed by atoms with Crippen molar-refractivity contribution in [3.63, 3.8) is 0 Å². The van der Waals surface area contributed by atoms with Gasteiger partial charge in [-0.2, -0.15) is 4.80 Å². The van der Waals surface area contributed by atoms with Crippen molar-refractivity contribution in [1.29, 1.82) is 0 Å². The quantitative estimate of drug-likeness (QED) is 0.674. The van der Waals surface area contributed by atoms with Crippen LogP contribution in [-0.4, -0.2) is 26.0 Å². The minimum Gasteiger partial charge on any atom is -0.292 e. The van der Waals surface area contributed by atoms with Gasteiger partial charge in [0, 0.05) is 11.1 Å². The summed E-state index contributed by atoms with van der Waals surface area (Å²) in [5, 5.41) is 12.1. The highest BCUT2D eigenvalue weighted by Gasteiger charge is 2.12. The summed E-state index contributed by atoms with van der Waals surface area (Å²) in [5.74, 6) is 0.191. The molecule has 1 heterocycles. The summed E-state index contributed by atoms with van der Waals surface area (Å²) in [7, 11) is 0. The van der Waals surface area contributed by atoms with Crippen molar-refractivity contribution in [2.75, 3.05) is 0 Å². The maximum absolute atomic E-state index is 13.2. The van der Waals surface area contributed by atoms with E-state index in [1.807, 2.05) is 24.3 Å². The van der Waals surface area contributed by atoms with Crippen LogP contribution in [0.3, 0.4) is 0 Å². The van der Waals surface area contributed by atoms with E-state index in [-0.39, 0.29) is 17.9 Å². The number of benzene rings is 2. The van der Waals surface area contributed by atoms with Crippen molar-refractivity contribution in [2.24, 2.45) is 0 Å². The van der Waals surface area contributed by atoms with E-state index in [9.17, 15) is 9.18 Å². The molecule has 0 saturated carbocycles. The fourth-order valence-corrected chi connectivity index (χ4v) is 2.32. The van der Waals surface area contributed by atoms with Crippen molar-refractivity contribution in [3.8, 4) is 11.4 Å². The van der Waals surface area contributed by atoms with Crippen LogP contribution in [-0.2, 0) is 6.54 Å². The van der Waals surface area contributed by atoms with Crippen LogP contribution in [0.15, 0.2) is 48.5 Å². The third kappa shape index (κ3) is 3.53. The van der Waals surface area contributed by atoms with Gasteiger partial charge >= 0.3 is 0 Å². The smallest absolute Gasteiger partial charge is 0.204 e. The second-order valence-corrected chi connectivity index (χ2v) is 5.85. The van der Waals surface area contributed by atoms with Crippen molar-refractivity contribution < 1.29 is 9.18 Å². The van der Waals surface area contributed by atoms with Crippen LogP contribution >= 0.6 is 0 Å². The number of nitrogens with zero attached hydrogens (tertiary/aromatic N) is 4. The third-order valence-electron chi connectivity index (χ3n) is 3.72. The molecule has 0 saturated heterocycles. The Labute approximate surface area is 139 Å².